The van der Waals surface area contributed by atoms with Gasteiger partial charge in [-0.25, -0.2) is 9.67 Å². The third-order valence-electron chi connectivity index (χ3n) is 2.81. The topological polar surface area (TPSA) is 42.7 Å². The third-order valence-corrected chi connectivity index (χ3v) is 3.55. The Bertz CT molecular complexity index is 617. The molecule has 0 radical (unpaired) electrons. The van der Waals surface area contributed by atoms with Crippen LogP contribution in [0.1, 0.15) is 11.1 Å². The van der Waals surface area contributed by atoms with Crippen molar-refractivity contribution >= 4 is 17.0 Å². The van der Waals surface area contributed by atoms with Gasteiger partial charge in [0.2, 0.25) is 0 Å². The molecule has 0 fully saturated rings. The summed E-state index contributed by atoms with van der Waals surface area (Å²) in [6.45, 7) is 1.60. The molecule has 19 heavy (non-hydrogen) atoms. The monoisotopic (exact) mass is 270 g/mol. The van der Waals surface area contributed by atoms with Gasteiger partial charge in [-0.15, -0.1) is 0 Å². The van der Waals surface area contributed by atoms with E-state index in [-0.39, 0.29) is 0 Å². The zero-order valence-corrected chi connectivity index (χ0v) is 11.2. The lowest BCUT2D eigenvalue weighted by molar-refractivity contribution is 0.685. The van der Waals surface area contributed by atoms with E-state index in [0.29, 0.717) is 0 Å². The zero-order chi connectivity index (χ0) is 12.9. The fraction of sp³-hybridized carbons (Fsp3) is 0.143. The van der Waals surface area contributed by atoms with Gasteiger partial charge in [0.25, 0.3) is 0 Å². The van der Waals surface area contributed by atoms with E-state index < -0.39 is 0 Å². The molecule has 0 amide bonds. The molecule has 0 aliphatic rings. The molecular weight excluding hydrogens is 256 g/mol. The predicted molar refractivity (Wildman–Crippen MR) is 77.2 cm³/mol. The van der Waals surface area contributed by atoms with E-state index in [0.717, 1.165) is 18.8 Å². The number of nitrogens with one attached hydrogen (secondary N) is 1. The fourth-order valence-electron chi connectivity index (χ4n) is 1.88. The van der Waals surface area contributed by atoms with Crippen LogP contribution in [0.25, 0.3) is 0 Å². The quantitative estimate of drug-likeness (QED) is 0.775. The Morgan fingerprint density at radius 2 is 2.21 bits per heavy atom. The van der Waals surface area contributed by atoms with Gasteiger partial charge in [0.1, 0.15) is 12.7 Å². The molecule has 5 heteroatoms. The van der Waals surface area contributed by atoms with Crippen molar-refractivity contribution in [2.24, 2.45) is 0 Å². The zero-order valence-electron chi connectivity index (χ0n) is 10.4. The van der Waals surface area contributed by atoms with Gasteiger partial charge in [-0.05, 0) is 40.1 Å². The van der Waals surface area contributed by atoms with Crippen LogP contribution in [0.5, 0.6) is 0 Å². The number of hydrogen-bond donors (Lipinski definition) is 1. The maximum atomic E-state index is 4.11. The number of benzene rings is 1. The van der Waals surface area contributed by atoms with Crippen LogP contribution in [0.3, 0.4) is 0 Å². The summed E-state index contributed by atoms with van der Waals surface area (Å²) < 4.78 is 1.82. The third kappa shape index (κ3) is 3.20. The molecule has 0 saturated carbocycles. The molecule has 0 atom stereocenters. The highest BCUT2D eigenvalue weighted by atomic mass is 32.1. The first kappa shape index (κ1) is 11.9. The summed E-state index contributed by atoms with van der Waals surface area (Å²) in [5.74, 6) is 0. The second-order valence-electron chi connectivity index (χ2n) is 4.28. The Hall–Kier alpha value is -2.14. The summed E-state index contributed by atoms with van der Waals surface area (Å²) in [5.41, 5.74) is 3.65. The van der Waals surface area contributed by atoms with Crippen molar-refractivity contribution < 1.29 is 0 Å². The number of thiophene rings is 1. The van der Waals surface area contributed by atoms with Crippen molar-refractivity contribution in [1.82, 2.24) is 14.8 Å². The molecule has 0 aliphatic heterocycles. The van der Waals surface area contributed by atoms with E-state index in [2.05, 4.69) is 56.5 Å². The van der Waals surface area contributed by atoms with E-state index in [4.69, 9.17) is 0 Å². The Morgan fingerprint density at radius 1 is 1.21 bits per heavy atom. The van der Waals surface area contributed by atoms with Gasteiger partial charge < -0.3 is 5.32 Å². The van der Waals surface area contributed by atoms with Crippen LogP contribution in [-0.2, 0) is 13.1 Å². The molecule has 4 nitrogen and oxygen atoms in total. The van der Waals surface area contributed by atoms with Crippen LogP contribution in [0.2, 0.25) is 0 Å². The first-order valence-electron chi connectivity index (χ1n) is 6.06. The van der Waals surface area contributed by atoms with Gasteiger partial charge >= 0.3 is 0 Å². The molecule has 0 bridgehead atoms. The molecule has 0 aliphatic carbocycles. The van der Waals surface area contributed by atoms with E-state index in [1.165, 1.54) is 11.1 Å². The molecule has 0 spiro atoms. The first-order chi connectivity index (χ1) is 9.40. The van der Waals surface area contributed by atoms with Crippen molar-refractivity contribution in [1.29, 1.82) is 0 Å². The van der Waals surface area contributed by atoms with Gasteiger partial charge in [0.15, 0.2) is 0 Å². The number of hydrogen-bond acceptors (Lipinski definition) is 4. The lowest BCUT2D eigenvalue weighted by atomic mass is 10.2. The Morgan fingerprint density at radius 3 is 3.00 bits per heavy atom. The predicted octanol–water partition coefficient (Wildman–Crippen LogP) is 3.00. The summed E-state index contributed by atoms with van der Waals surface area (Å²) in [4.78, 5) is 3.95. The molecule has 1 aromatic carbocycles. The van der Waals surface area contributed by atoms with E-state index >= 15 is 0 Å². The maximum absolute atomic E-state index is 4.11. The molecule has 0 saturated heterocycles. The van der Waals surface area contributed by atoms with Crippen molar-refractivity contribution in [3.8, 4) is 0 Å². The van der Waals surface area contributed by atoms with Crippen LogP contribution in [-0.4, -0.2) is 14.8 Å². The summed E-state index contributed by atoms with van der Waals surface area (Å²) in [7, 11) is 0. The minimum Gasteiger partial charge on any atom is -0.381 e. The lowest BCUT2D eigenvalue weighted by Gasteiger charge is -2.07. The smallest absolute Gasteiger partial charge is 0.137 e. The molecule has 96 valence electrons. The van der Waals surface area contributed by atoms with Gasteiger partial charge in [0.05, 0.1) is 6.54 Å². The molecule has 3 rings (SSSR count). The number of rotatable bonds is 5. The minimum atomic E-state index is 0.744. The first-order valence-corrected chi connectivity index (χ1v) is 7.01. The minimum absolute atomic E-state index is 0.744. The van der Waals surface area contributed by atoms with E-state index in [9.17, 15) is 0 Å². The normalized spacial score (nSPS) is 10.5. The van der Waals surface area contributed by atoms with Crippen LogP contribution in [0, 0.1) is 0 Å². The lowest BCUT2D eigenvalue weighted by Crippen LogP contribution is -2.02. The van der Waals surface area contributed by atoms with Crippen molar-refractivity contribution in [2.45, 2.75) is 13.1 Å². The van der Waals surface area contributed by atoms with Gasteiger partial charge in [-0.2, -0.15) is 16.4 Å². The van der Waals surface area contributed by atoms with Gasteiger partial charge in [-0.3, -0.25) is 0 Å². The largest absolute Gasteiger partial charge is 0.381 e. The van der Waals surface area contributed by atoms with Crippen LogP contribution < -0.4 is 5.32 Å². The molecule has 2 aromatic heterocycles. The standard InChI is InChI=1S/C14H14N4S/c1-2-12(8-18-11-15-10-17-18)6-14(3-1)16-7-13-4-5-19-9-13/h1-6,9-11,16H,7-8H2. The highest BCUT2D eigenvalue weighted by Crippen LogP contribution is 2.14. The molecular formula is C14H14N4S. The van der Waals surface area contributed by atoms with Crippen LogP contribution in [0.15, 0.2) is 53.7 Å². The van der Waals surface area contributed by atoms with Gasteiger partial charge in [0, 0.05) is 12.2 Å². The van der Waals surface area contributed by atoms with E-state index in [1.54, 1.807) is 24.0 Å². The molecule has 0 unspecified atom stereocenters. The number of aromatic nitrogens is 3. The molecule has 3 aromatic rings. The van der Waals surface area contributed by atoms with E-state index in [1.807, 2.05) is 4.68 Å². The average Bonchev–Trinajstić information content (AvgIpc) is 3.10. The number of anilines is 1. The van der Waals surface area contributed by atoms with Crippen molar-refractivity contribution in [3.05, 3.63) is 64.9 Å². The summed E-state index contributed by atoms with van der Waals surface area (Å²) in [6.07, 6.45) is 3.28. The average molecular weight is 270 g/mol. The van der Waals surface area contributed by atoms with Crippen molar-refractivity contribution in [3.63, 3.8) is 0 Å². The Kier molecular flexibility index (Phi) is 3.56. The SMILES string of the molecule is c1cc(Cn2cncn2)cc(NCc2ccsc2)c1. The van der Waals surface area contributed by atoms with Crippen LogP contribution in [0.4, 0.5) is 5.69 Å². The highest BCUT2D eigenvalue weighted by molar-refractivity contribution is 7.07. The Labute approximate surface area is 115 Å². The van der Waals surface area contributed by atoms with Gasteiger partial charge in [-0.1, -0.05) is 12.1 Å². The summed E-state index contributed by atoms with van der Waals surface area (Å²) in [6, 6.07) is 10.5. The van der Waals surface area contributed by atoms with Crippen LogP contribution >= 0.6 is 11.3 Å². The molecule has 2 heterocycles. The second kappa shape index (κ2) is 5.67. The highest BCUT2D eigenvalue weighted by Gasteiger charge is 1.99. The fourth-order valence-corrected chi connectivity index (χ4v) is 2.55. The number of nitrogens with zero attached hydrogens (tertiary/aromatic N) is 3. The summed E-state index contributed by atoms with van der Waals surface area (Å²) >= 11 is 1.72. The molecule has 1 N–H and O–H groups in total. The van der Waals surface area contributed by atoms with Crippen molar-refractivity contribution in [2.75, 3.05) is 5.32 Å². The summed E-state index contributed by atoms with van der Waals surface area (Å²) in [5, 5.41) is 11.8. The maximum Gasteiger partial charge on any atom is 0.137 e. The Balaban J connectivity index is 1.66. The second-order valence-corrected chi connectivity index (χ2v) is 5.06.